The highest BCUT2D eigenvalue weighted by Crippen LogP contribution is 2.40. The fraction of sp³-hybridized carbons (Fsp3) is 0.469. The molecule has 0 bridgehead atoms. The first-order valence-electron chi connectivity index (χ1n) is 13.8. The fourth-order valence-corrected chi connectivity index (χ4v) is 5.47. The van der Waals surface area contributed by atoms with Gasteiger partial charge in [0.2, 0.25) is 5.91 Å². The van der Waals surface area contributed by atoms with E-state index in [1.165, 1.54) is 11.1 Å². The molecular formula is C32H41NO4. The third kappa shape index (κ3) is 8.39. The van der Waals surface area contributed by atoms with Gasteiger partial charge in [-0.1, -0.05) is 85.0 Å². The fourth-order valence-electron chi connectivity index (χ4n) is 5.47. The van der Waals surface area contributed by atoms with Crippen LogP contribution < -0.4 is 5.32 Å². The number of benzene rings is 2. The van der Waals surface area contributed by atoms with E-state index in [-0.39, 0.29) is 23.8 Å². The number of aliphatic hydroxyl groups excluding tert-OH is 3. The molecule has 4 N–H and O–H groups in total. The number of carbonyl (C=O) groups excluding carboxylic acids is 1. The van der Waals surface area contributed by atoms with Crippen LogP contribution in [0.2, 0.25) is 0 Å². The van der Waals surface area contributed by atoms with E-state index in [0.717, 1.165) is 25.7 Å². The van der Waals surface area contributed by atoms with Crippen molar-refractivity contribution in [2.75, 3.05) is 0 Å². The molecule has 198 valence electrons. The number of unbranched alkanes of at least 4 members (excludes halogenated alkanes) is 1. The summed E-state index contributed by atoms with van der Waals surface area (Å²) < 4.78 is 0. The third-order valence-corrected chi connectivity index (χ3v) is 7.76. The second kappa shape index (κ2) is 13.7. The smallest absolute Gasteiger partial charge is 0.220 e. The highest BCUT2D eigenvalue weighted by Gasteiger charge is 2.40. The maximum atomic E-state index is 12.3. The van der Waals surface area contributed by atoms with Crippen LogP contribution in [-0.2, 0) is 11.2 Å². The molecule has 5 nitrogen and oxygen atoms in total. The van der Waals surface area contributed by atoms with Crippen LogP contribution in [0.15, 0.2) is 85.0 Å². The summed E-state index contributed by atoms with van der Waals surface area (Å²) in [7, 11) is 0. The van der Waals surface area contributed by atoms with E-state index >= 15 is 0 Å². The standard InChI is InChI=1S/C32H41NO4/c34-25(18-17-23-11-5-3-6-12-23)19-20-27-26(30(35)22-31(27)36)15-9-1-2-10-16-32(37)33-29-21-28(29)24-13-7-4-8-14-24/h1,3-9,11-14,19-20,25-31,34-36H,2,10,15-18,21-22H2,(H,33,37)/b9-1-,20-19+/t25-,26+,27+,28?,29?,30-,31+/m0/s1. The lowest BCUT2D eigenvalue weighted by Gasteiger charge is -2.19. The first-order chi connectivity index (χ1) is 18.0. The van der Waals surface area contributed by atoms with Crippen molar-refractivity contribution in [2.45, 2.75) is 81.6 Å². The number of aliphatic hydroxyl groups is 3. The van der Waals surface area contributed by atoms with E-state index < -0.39 is 18.3 Å². The van der Waals surface area contributed by atoms with Crippen molar-refractivity contribution in [2.24, 2.45) is 11.8 Å². The Kier molecular flexibility index (Phi) is 10.1. The number of amides is 1. The molecule has 2 unspecified atom stereocenters. The second-order valence-corrected chi connectivity index (χ2v) is 10.6. The summed E-state index contributed by atoms with van der Waals surface area (Å²) in [6.45, 7) is 0. The molecule has 0 aliphatic heterocycles. The number of hydrogen-bond acceptors (Lipinski definition) is 4. The van der Waals surface area contributed by atoms with E-state index in [1.807, 2.05) is 42.5 Å². The average Bonchev–Trinajstić information content (AvgIpc) is 3.62. The summed E-state index contributed by atoms with van der Waals surface area (Å²) >= 11 is 0. The van der Waals surface area contributed by atoms with Crippen molar-refractivity contribution >= 4 is 5.91 Å². The van der Waals surface area contributed by atoms with E-state index in [1.54, 1.807) is 6.08 Å². The van der Waals surface area contributed by atoms with Crippen molar-refractivity contribution in [1.82, 2.24) is 5.32 Å². The topological polar surface area (TPSA) is 89.8 Å². The van der Waals surface area contributed by atoms with Gasteiger partial charge in [-0.05, 0) is 55.6 Å². The molecule has 0 saturated heterocycles. The van der Waals surface area contributed by atoms with E-state index in [4.69, 9.17) is 0 Å². The van der Waals surface area contributed by atoms with Crippen LogP contribution in [0, 0.1) is 11.8 Å². The molecule has 2 aromatic carbocycles. The predicted octanol–water partition coefficient (Wildman–Crippen LogP) is 4.68. The second-order valence-electron chi connectivity index (χ2n) is 10.6. The Balaban J connectivity index is 1.14. The van der Waals surface area contributed by atoms with Crippen molar-refractivity contribution in [3.05, 3.63) is 96.1 Å². The molecule has 5 heteroatoms. The number of nitrogens with one attached hydrogen (secondary N) is 1. The molecule has 4 rings (SSSR count). The summed E-state index contributed by atoms with van der Waals surface area (Å²) in [4.78, 5) is 12.3. The molecule has 0 heterocycles. The number of rotatable bonds is 13. The van der Waals surface area contributed by atoms with Crippen molar-refractivity contribution in [3.63, 3.8) is 0 Å². The zero-order valence-electron chi connectivity index (χ0n) is 21.5. The molecule has 2 aliphatic rings. The molecule has 0 radical (unpaired) electrons. The minimum atomic E-state index is -0.600. The van der Waals surface area contributed by atoms with Crippen LogP contribution in [0.25, 0.3) is 0 Å². The first-order valence-corrected chi connectivity index (χ1v) is 13.8. The van der Waals surface area contributed by atoms with Gasteiger partial charge in [0.15, 0.2) is 0 Å². The zero-order chi connectivity index (χ0) is 26.0. The lowest BCUT2D eigenvalue weighted by atomic mass is 9.89. The monoisotopic (exact) mass is 503 g/mol. The van der Waals surface area contributed by atoms with Gasteiger partial charge in [0.1, 0.15) is 0 Å². The summed E-state index contributed by atoms with van der Waals surface area (Å²) in [5.74, 6) is 0.317. The van der Waals surface area contributed by atoms with Crippen LogP contribution in [0.5, 0.6) is 0 Å². The van der Waals surface area contributed by atoms with Gasteiger partial charge in [-0.15, -0.1) is 0 Å². The van der Waals surface area contributed by atoms with E-state index in [9.17, 15) is 20.1 Å². The summed E-state index contributed by atoms with van der Waals surface area (Å²) in [6, 6.07) is 20.7. The SMILES string of the molecule is O=C(CCC/C=C\C[C@@H]1[C@@H](/C=C/[C@@H](O)CCc2ccccc2)[C@H](O)C[C@@H]1O)NC1CC1c1ccccc1. The molecule has 2 aromatic rings. The quantitative estimate of drug-likeness (QED) is 0.236. The van der Waals surface area contributed by atoms with Gasteiger partial charge in [-0.3, -0.25) is 4.79 Å². The molecule has 2 aliphatic carbocycles. The lowest BCUT2D eigenvalue weighted by Crippen LogP contribution is -2.26. The van der Waals surface area contributed by atoms with Gasteiger partial charge in [0, 0.05) is 30.7 Å². The lowest BCUT2D eigenvalue weighted by molar-refractivity contribution is -0.121. The normalized spacial score (nSPS) is 28.1. The van der Waals surface area contributed by atoms with E-state index in [2.05, 4.69) is 41.7 Å². The van der Waals surface area contributed by atoms with Crippen LogP contribution in [-0.4, -0.2) is 45.6 Å². The maximum Gasteiger partial charge on any atom is 0.220 e. The van der Waals surface area contributed by atoms with Crippen molar-refractivity contribution in [1.29, 1.82) is 0 Å². The Morgan fingerprint density at radius 1 is 0.973 bits per heavy atom. The molecule has 0 aromatic heterocycles. The minimum absolute atomic E-state index is 0.0723. The first kappa shape index (κ1) is 27.3. The molecule has 0 spiro atoms. The van der Waals surface area contributed by atoms with Crippen LogP contribution >= 0.6 is 0 Å². The summed E-state index contributed by atoms with van der Waals surface area (Å²) in [6.07, 6.45) is 11.6. The van der Waals surface area contributed by atoms with Gasteiger partial charge in [0.05, 0.1) is 18.3 Å². The summed E-state index contributed by atoms with van der Waals surface area (Å²) in [5, 5.41) is 34.5. The highest BCUT2D eigenvalue weighted by molar-refractivity contribution is 5.76. The van der Waals surface area contributed by atoms with Crippen molar-refractivity contribution < 1.29 is 20.1 Å². The van der Waals surface area contributed by atoms with Gasteiger partial charge in [-0.25, -0.2) is 0 Å². The molecule has 37 heavy (non-hydrogen) atoms. The van der Waals surface area contributed by atoms with Crippen molar-refractivity contribution in [3.8, 4) is 0 Å². The Hall–Kier alpha value is -2.73. The van der Waals surface area contributed by atoms with Gasteiger partial charge in [0.25, 0.3) is 0 Å². The maximum absolute atomic E-state index is 12.3. The van der Waals surface area contributed by atoms with Gasteiger partial charge in [-0.2, -0.15) is 0 Å². The molecule has 2 fully saturated rings. The summed E-state index contributed by atoms with van der Waals surface area (Å²) in [5.41, 5.74) is 2.49. The largest absolute Gasteiger partial charge is 0.393 e. The Morgan fingerprint density at radius 3 is 2.46 bits per heavy atom. The van der Waals surface area contributed by atoms with Crippen LogP contribution in [0.4, 0.5) is 0 Å². The Labute approximate surface area is 220 Å². The third-order valence-electron chi connectivity index (χ3n) is 7.76. The minimum Gasteiger partial charge on any atom is -0.393 e. The Bertz CT molecular complexity index is 1020. The average molecular weight is 504 g/mol. The van der Waals surface area contributed by atoms with Gasteiger partial charge < -0.3 is 20.6 Å². The molecule has 7 atom stereocenters. The molecule has 1 amide bonds. The number of allylic oxidation sites excluding steroid dienone is 2. The predicted molar refractivity (Wildman–Crippen MR) is 147 cm³/mol. The molecule has 2 saturated carbocycles. The van der Waals surface area contributed by atoms with Crippen LogP contribution in [0.1, 0.15) is 62.0 Å². The molecular weight excluding hydrogens is 462 g/mol. The highest BCUT2D eigenvalue weighted by atomic mass is 16.3. The number of hydrogen-bond donors (Lipinski definition) is 4. The van der Waals surface area contributed by atoms with Crippen LogP contribution in [0.3, 0.4) is 0 Å². The number of carbonyl (C=O) groups is 1. The zero-order valence-corrected chi connectivity index (χ0v) is 21.5. The number of aryl methyl sites for hydroxylation is 1. The van der Waals surface area contributed by atoms with E-state index in [0.29, 0.717) is 31.6 Å². The van der Waals surface area contributed by atoms with Gasteiger partial charge >= 0.3 is 0 Å². The Morgan fingerprint density at radius 2 is 1.70 bits per heavy atom.